The Kier molecular flexibility index (Phi) is 12.4. The monoisotopic (exact) mass is 639 g/mol. The van der Waals surface area contributed by atoms with E-state index in [2.05, 4.69) is 25.6 Å². The normalized spacial score (nSPS) is 12.5. The van der Waals surface area contributed by atoms with Crippen molar-refractivity contribution in [2.24, 2.45) is 4.90 Å². The van der Waals surface area contributed by atoms with Gasteiger partial charge in [0.15, 0.2) is 0 Å². The molecule has 0 aliphatic heterocycles. The van der Waals surface area contributed by atoms with Crippen LogP contribution >= 0.6 is 11.3 Å². The van der Waals surface area contributed by atoms with Crippen molar-refractivity contribution in [3.63, 3.8) is 0 Å². The number of para-hydroxylation sites is 1. The van der Waals surface area contributed by atoms with E-state index in [1.54, 1.807) is 63.2 Å². The molecule has 0 saturated heterocycles. The molecule has 232 valence electrons. The molecule has 0 saturated carbocycles. The van der Waals surface area contributed by atoms with Crippen LogP contribution in [0.25, 0.3) is 10.4 Å². The number of carbonyl (C=O) groups excluding carboxylic acids is 2. The first-order valence-corrected chi connectivity index (χ1v) is 16.0. The van der Waals surface area contributed by atoms with E-state index < -0.39 is 40.6 Å². The van der Waals surface area contributed by atoms with Gasteiger partial charge in [0.1, 0.15) is 5.60 Å². The Bertz CT molecular complexity index is 1580. The van der Waals surface area contributed by atoms with Gasteiger partial charge in [0.25, 0.3) is 0 Å². The summed E-state index contributed by atoms with van der Waals surface area (Å²) in [5, 5.41) is 18.3. The third-order valence-corrected chi connectivity index (χ3v) is 8.32. The Morgan fingerprint density at radius 3 is 2.39 bits per heavy atom. The molecule has 3 aromatic rings. The zero-order chi connectivity index (χ0) is 32.3. The molecule has 1 amide bonds. The molecule has 16 heteroatoms. The van der Waals surface area contributed by atoms with Gasteiger partial charge in [-0.2, -0.15) is 0 Å². The average Bonchev–Trinajstić information content (AvgIpc) is 3.44. The van der Waals surface area contributed by atoms with Gasteiger partial charge in [0.05, 0.1) is 11.3 Å². The molecular weight excluding hydrogens is 604 g/mol. The number of amides is 1. The molecule has 0 aliphatic rings. The quantitative estimate of drug-likeness (QED) is 0.0815. The number of rotatable bonds is 13. The molecule has 1 aromatic heterocycles. The van der Waals surface area contributed by atoms with Crippen LogP contribution in [0.3, 0.4) is 0 Å². The van der Waals surface area contributed by atoms with Crippen molar-refractivity contribution < 1.29 is 32.5 Å². The second kappa shape index (κ2) is 15.7. The number of benzene rings is 2. The summed E-state index contributed by atoms with van der Waals surface area (Å²) in [6.45, 7) is 6.43. The average molecular weight is 639 g/mol. The Morgan fingerprint density at radius 2 is 1.73 bits per heavy atom. The van der Waals surface area contributed by atoms with Gasteiger partial charge >= 0.3 is 156 Å². The SMILES string of the molecule is CB(O)/N=C(\NCB=O)Nc1ccccc1-c1ccc(C(=O)NCC(CC(=O)OC(C)(C)C)NS(=O)(=O)c2ccccc2)s1. The van der Waals surface area contributed by atoms with Gasteiger partial charge in [-0.15, -0.1) is 0 Å². The molecule has 0 aliphatic carbocycles. The molecule has 0 fully saturated rings. The molecule has 0 spiro atoms. The van der Waals surface area contributed by atoms with Crippen molar-refractivity contribution in [3.8, 4) is 10.4 Å². The number of hydrogen-bond acceptors (Lipinski definition) is 9. The number of anilines is 1. The summed E-state index contributed by atoms with van der Waals surface area (Å²) in [7, 11) is -4.33. The van der Waals surface area contributed by atoms with Crippen molar-refractivity contribution in [3.05, 3.63) is 71.6 Å². The van der Waals surface area contributed by atoms with E-state index in [1.165, 1.54) is 30.3 Å². The second-order valence-corrected chi connectivity index (χ2v) is 13.4. The van der Waals surface area contributed by atoms with Gasteiger partial charge in [0, 0.05) is 6.04 Å². The number of nitrogens with zero attached hydrogens (tertiary/aromatic N) is 1. The van der Waals surface area contributed by atoms with Crippen LogP contribution in [0.1, 0.15) is 36.9 Å². The first-order chi connectivity index (χ1) is 20.8. The number of thiophene rings is 1. The fraction of sp³-hybridized carbons (Fsp3) is 0.321. The van der Waals surface area contributed by atoms with Crippen molar-refractivity contribution in [2.75, 3.05) is 18.3 Å². The predicted molar refractivity (Wildman–Crippen MR) is 172 cm³/mol. The van der Waals surface area contributed by atoms with Crippen molar-refractivity contribution in [2.45, 2.75) is 50.6 Å². The first-order valence-electron chi connectivity index (χ1n) is 13.7. The Hall–Kier alpha value is -3.85. The molecule has 5 N–H and O–H groups in total. The number of guanidine groups is 1. The minimum absolute atomic E-state index is 0.0134. The summed E-state index contributed by atoms with van der Waals surface area (Å²) in [6, 6.07) is 17.4. The van der Waals surface area contributed by atoms with Crippen LogP contribution in [0.2, 0.25) is 6.82 Å². The third kappa shape index (κ3) is 11.0. The first kappa shape index (κ1) is 34.6. The van der Waals surface area contributed by atoms with E-state index in [-0.39, 0.29) is 30.3 Å². The van der Waals surface area contributed by atoms with Crippen LogP contribution in [-0.4, -0.2) is 70.1 Å². The predicted octanol–water partition coefficient (Wildman–Crippen LogP) is 2.70. The zero-order valence-electron chi connectivity index (χ0n) is 24.9. The number of carbonyl (C=O) groups is 2. The van der Waals surface area contributed by atoms with Crippen LogP contribution < -0.4 is 20.7 Å². The van der Waals surface area contributed by atoms with E-state index in [9.17, 15) is 27.7 Å². The summed E-state index contributed by atoms with van der Waals surface area (Å²) < 4.78 is 44.7. The van der Waals surface area contributed by atoms with Gasteiger partial charge in [-0.1, -0.05) is 18.2 Å². The molecule has 1 heterocycles. The Morgan fingerprint density at radius 1 is 1.05 bits per heavy atom. The standard InChI is InChI=1S/C28H35B2N5O7S2/c1-28(2,3)42-25(36)16-19(35-44(40,41)20-10-6-5-7-11-20)17-31-26(37)24-15-14-23(43-24)21-12-8-9-13-22(21)33-27(32-18-29-38)34-30(4)39/h5-15,19,35,39H,16-18H2,1-4H3,(H,31,37)(H2,32,33,34). The molecule has 44 heavy (non-hydrogen) atoms. The van der Waals surface area contributed by atoms with Crippen molar-refractivity contribution in [1.29, 1.82) is 0 Å². The zero-order valence-corrected chi connectivity index (χ0v) is 26.5. The van der Waals surface area contributed by atoms with Gasteiger partial charge in [0.2, 0.25) is 10.0 Å². The number of ether oxygens (including phenoxy) is 1. The van der Waals surface area contributed by atoms with Crippen molar-refractivity contribution in [1.82, 2.24) is 15.4 Å². The molecule has 1 atom stereocenters. The van der Waals surface area contributed by atoms with Gasteiger partial charge in [-0.25, -0.2) is 13.1 Å². The summed E-state index contributed by atoms with van der Waals surface area (Å²) in [4.78, 5) is 30.9. The summed E-state index contributed by atoms with van der Waals surface area (Å²) >= 11 is 1.20. The topological polar surface area (TPSA) is 175 Å². The fourth-order valence-electron chi connectivity index (χ4n) is 3.92. The van der Waals surface area contributed by atoms with Crippen LogP contribution in [0.15, 0.2) is 76.5 Å². The maximum absolute atomic E-state index is 13.1. The summed E-state index contributed by atoms with van der Waals surface area (Å²) in [6.07, 6.45) is -0.312. The molecule has 2 aromatic carbocycles. The van der Waals surface area contributed by atoms with Crippen LogP contribution in [-0.2, 0) is 24.3 Å². The van der Waals surface area contributed by atoms with Gasteiger partial charge in [-0.05, 0) is 32.9 Å². The Balaban J connectivity index is 1.77. The van der Waals surface area contributed by atoms with Crippen molar-refractivity contribution >= 4 is 59.1 Å². The second-order valence-electron chi connectivity index (χ2n) is 10.6. The molecule has 1 unspecified atom stereocenters. The maximum atomic E-state index is 13.1. The van der Waals surface area contributed by atoms with Crippen LogP contribution in [0.5, 0.6) is 0 Å². The van der Waals surface area contributed by atoms with Crippen LogP contribution in [0.4, 0.5) is 5.69 Å². The molecule has 0 bridgehead atoms. The van der Waals surface area contributed by atoms with E-state index in [0.717, 1.165) is 10.4 Å². The van der Waals surface area contributed by atoms with E-state index in [4.69, 9.17) is 4.74 Å². The number of esters is 1. The van der Waals surface area contributed by atoms with Gasteiger partial charge in [-0.3, -0.25) is 4.79 Å². The summed E-state index contributed by atoms with van der Waals surface area (Å²) in [5.41, 5.74) is 0.586. The molecule has 3 rings (SSSR count). The van der Waals surface area contributed by atoms with E-state index >= 15 is 0 Å². The van der Waals surface area contributed by atoms with Gasteiger partial charge < -0.3 is 4.74 Å². The fourth-order valence-corrected chi connectivity index (χ4v) is 6.14. The Labute approximate surface area is 262 Å². The summed E-state index contributed by atoms with van der Waals surface area (Å²) in [5.74, 6) is -0.872. The number of sulfonamides is 1. The minimum atomic E-state index is -3.98. The molecule has 12 nitrogen and oxygen atoms in total. The van der Waals surface area contributed by atoms with E-state index in [0.29, 0.717) is 17.7 Å². The number of hydrogen-bond donors (Lipinski definition) is 5. The van der Waals surface area contributed by atoms with Crippen LogP contribution in [0, 0.1) is 0 Å². The van der Waals surface area contributed by atoms with E-state index in [1.807, 2.05) is 12.1 Å². The molecule has 0 radical (unpaired) electrons. The third-order valence-electron chi connectivity index (χ3n) is 5.66. The number of nitrogens with one attached hydrogen (secondary N) is 4. The molecular formula is C28H35B2N5O7S2.